The summed E-state index contributed by atoms with van der Waals surface area (Å²) in [7, 11) is 0. The topological polar surface area (TPSA) is 68.4 Å². The molecule has 1 aliphatic rings. The van der Waals surface area contributed by atoms with E-state index < -0.39 is 0 Å². The van der Waals surface area contributed by atoms with Crippen molar-refractivity contribution < 1.29 is 9.25 Å². The first-order valence-electron chi connectivity index (χ1n) is 8.39. The summed E-state index contributed by atoms with van der Waals surface area (Å²) in [5.41, 5.74) is 3.91. The molecule has 0 bridgehead atoms. The molecule has 0 fully saturated rings. The van der Waals surface area contributed by atoms with Crippen molar-refractivity contribution in [1.82, 2.24) is 20.2 Å². The van der Waals surface area contributed by atoms with Crippen LogP contribution in [0.4, 0.5) is 5.69 Å². The Morgan fingerprint density at radius 3 is 2.85 bits per heavy atom. The molecule has 0 aliphatic carbocycles. The van der Waals surface area contributed by atoms with Gasteiger partial charge in [-0.3, -0.25) is 5.43 Å². The van der Waals surface area contributed by atoms with Gasteiger partial charge >= 0.3 is 0 Å². The van der Waals surface area contributed by atoms with E-state index in [-0.39, 0.29) is 0 Å². The van der Waals surface area contributed by atoms with E-state index in [4.69, 9.17) is 20.9 Å². The van der Waals surface area contributed by atoms with Gasteiger partial charge in [0.2, 0.25) is 0 Å². The van der Waals surface area contributed by atoms with Crippen LogP contribution in [0.1, 0.15) is 19.2 Å². The van der Waals surface area contributed by atoms with Crippen LogP contribution in [0.25, 0.3) is 11.6 Å². The second-order valence-corrected chi connectivity index (χ2v) is 6.20. The van der Waals surface area contributed by atoms with E-state index in [9.17, 15) is 0 Å². The number of nitrogens with one attached hydrogen (secondary N) is 1. The third-order valence-electron chi connectivity index (χ3n) is 4.07. The second kappa shape index (κ2) is 7.13. The van der Waals surface area contributed by atoms with E-state index in [2.05, 4.69) is 27.1 Å². The van der Waals surface area contributed by atoms with Crippen LogP contribution in [-0.2, 0) is 17.8 Å². The van der Waals surface area contributed by atoms with Gasteiger partial charge in [-0.25, -0.2) is 0 Å². The molecule has 0 unspecified atom stereocenters. The largest absolute Gasteiger partial charge is 0.461 e. The number of halogens is 1. The molecule has 0 amide bonds. The Balaban J connectivity index is 1.41. The number of aryl methyl sites for hydroxylation is 1. The number of benzene rings is 1. The van der Waals surface area contributed by atoms with Gasteiger partial charge in [-0.15, -0.1) is 15.4 Å². The summed E-state index contributed by atoms with van der Waals surface area (Å²) < 4.78 is 7.49. The molecular formula is C18H18ClN5O2. The molecule has 4 rings (SSSR count). The zero-order valence-corrected chi connectivity index (χ0v) is 15.0. The van der Waals surface area contributed by atoms with Crippen molar-refractivity contribution in [2.45, 2.75) is 26.3 Å². The lowest BCUT2D eigenvalue weighted by molar-refractivity contribution is 0.183. The van der Waals surface area contributed by atoms with Crippen molar-refractivity contribution in [3.63, 3.8) is 0 Å². The minimum Gasteiger partial charge on any atom is -0.461 e. The van der Waals surface area contributed by atoms with Crippen LogP contribution in [0.2, 0.25) is 5.02 Å². The number of hydrazine groups is 1. The van der Waals surface area contributed by atoms with Gasteiger partial charge in [0.1, 0.15) is 11.5 Å². The third-order valence-corrected chi connectivity index (χ3v) is 4.31. The predicted octanol–water partition coefficient (Wildman–Crippen LogP) is 3.94. The highest BCUT2D eigenvalue weighted by atomic mass is 35.5. The lowest BCUT2D eigenvalue weighted by atomic mass is 10.2. The lowest BCUT2D eigenvalue weighted by Crippen LogP contribution is -2.28. The quantitative estimate of drug-likeness (QED) is 0.707. The first-order chi connectivity index (χ1) is 12.7. The summed E-state index contributed by atoms with van der Waals surface area (Å²) in [5.74, 6) is 3.17. The number of anilines is 1. The number of hydrogen-bond acceptors (Lipinski definition) is 6. The molecule has 8 heteroatoms. The third kappa shape index (κ3) is 3.25. The standard InChI is InChI=1S/C18H18ClN5O2/c1-2-23-17(21-22-18(23)16-7-4-10-25-16)9-8-15-12-20-24(26-15)14-6-3-5-13(19)11-14/h3-7,10-12,20H,2,8-9H2,1H3. The molecule has 1 aliphatic heterocycles. The maximum absolute atomic E-state index is 6.03. The van der Waals surface area contributed by atoms with Crippen molar-refractivity contribution in [3.05, 3.63) is 65.5 Å². The smallest absolute Gasteiger partial charge is 0.199 e. The molecule has 1 aromatic carbocycles. The molecule has 1 N–H and O–H groups in total. The van der Waals surface area contributed by atoms with Gasteiger partial charge in [-0.1, -0.05) is 17.7 Å². The van der Waals surface area contributed by atoms with Gasteiger partial charge in [-0.05, 0) is 37.3 Å². The van der Waals surface area contributed by atoms with Gasteiger partial charge < -0.3 is 13.8 Å². The van der Waals surface area contributed by atoms with Crippen LogP contribution < -0.4 is 10.6 Å². The van der Waals surface area contributed by atoms with Crippen molar-refractivity contribution in [3.8, 4) is 11.6 Å². The summed E-state index contributed by atoms with van der Waals surface area (Å²) in [5, 5.41) is 10.8. The normalized spacial score (nSPS) is 13.5. The molecule has 0 spiro atoms. The molecular weight excluding hydrogens is 354 g/mol. The van der Waals surface area contributed by atoms with Gasteiger partial charge in [0.05, 0.1) is 12.5 Å². The van der Waals surface area contributed by atoms with E-state index >= 15 is 0 Å². The number of aromatic nitrogens is 3. The molecule has 26 heavy (non-hydrogen) atoms. The van der Waals surface area contributed by atoms with Crippen LogP contribution in [-0.4, -0.2) is 14.8 Å². The molecule has 7 nitrogen and oxygen atoms in total. The van der Waals surface area contributed by atoms with Crippen molar-refractivity contribution in [2.75, 3.05) is 5.17 Å². The van der Waals surface area contributed by atoms with Crippen LogP contribution in [0.3, 0.4) is 0 Å². The minimum absolute atomic E-state index is 0.655. The molecule has 134 valence electrons. The van der Waals surface area contributed by atoms with E-state index in [0.29, 0.717) is 17.9 Å². The fraction of sp³-hybridized carbons (Fsp3) is 0.222. The Hall–Kier alpha value is -2.93. The molecule has 3 heterocycles. The Morgan fingerprint density at radius 2 is 2.08 bits per heavy atom. The fourth-order valence-electron chi connectivity index (χ4n) is 2.82. The lowest BCUT2D eigenvalue weighted by Gasteiger charge is -2.18. The highest BCUT2D eigenvalue weighted by molar-refractivity contribution is 6.30. The summed E-state index contributed by atoms with van der Waals surface area (Å²) in [4.78, 5) is 5.83. The monoisotopic (exact) mass is 371 g/mol. The molecule has 2 aromatic heterocycles. The second-order valence-electron chi connectivity index (χ2n) is 5.77. The number of hydrogen-bond donors (Lipinski definition) is 1. The zero-order chi connectivity index (χ0) is 17.9. The van der Waals surface area contributed by atoms with Crippen LogP contribution >= 0.6 is 11.6 Å². The van der Waals surface area contributed by atoms with Gasteiger partial charge in [0.25, 0.3) is 0 Å². The summed E-state index contributed by atoms with van der Waals surface area (Å²) in [6.07, 6.45) is 4.87. The van der Waals surface area contributed by atoms with E-state index in [1.54, 1.807) is 11.4 Å². The van der Waals surface area contributed by atoms with E-state index in [0.717, 1.165) is 35.4 Å². The maximum atomic E-state index is 6.03. The highest BCUT2D eigenvalue weighted by Crippen LogP contribution is 2.24. The zero-order valence-electron chi connectivity index (χ0n) is 14.2. The Labute approximate surface area is 155 Å². The minimum atomic E-state index is 0.655. The van der Waals surface area contributed by atoms with Gasteiger partial charge in [-0.2, -0.15) is 0 Å². The van der Waals surface area contributed by atoms with Crippen molar-refractivity contribution >= 4 is 17.3 Å². The number of nitrogens with zero attached hydrogens (tertiary/aromatic N) is 4. The first-order valence-corrected chi connectivity index (χ1v) is 8.77. The van der Waals surface area contributed by atoms with Crippen LogP contribution in [0.5, 0.6) is 0 Å². The van der Waals surface area contributed by atoms with Crippen molar-refractivity contribution in [2.24, 2.45) is 0 Å². The molecule has 0 atom stereocenters. The van der Waals surface area contributed by atoms with E-state index in [1.807, 2.05) is 42.6 Å². The number of rotatable bonds is 6. The molecule has 0 saturated carbocycles. The summed E-state index contributed by atoms with van der Waals surface area (Å²) in [6, 6.07) is 11.2. The van der Waals surface area contributed by atoms with Gasteiger partial charge in [0.15, 0.2) is 17.3 Å². The maximum Gasteiger partial charge on any atom is 0.199 e. The van der Waals surface area contributed by atoms with Crippen LogP contribution in [0, 0.1) is 0 Å². The summed E-state index contributed by atoms with van der Waals surface area (Å²) >= 11 is 6.03. The van der Waals surface area contributed by atoms with Crippen LogP contribution in [0.15, 0.2) is 59.0 Å². The van der Waals surface area contributed by atoms with Gasteiger partial charge in [0, 0.05) is 24.4 Å². The predicted molar refractivity (Wildman–Crippen MR) is 98.0 cm³/mol. The first kappa shape index (κ1) is 16.5. The van der Waals surface area contributed by atoms with E-state index in [1.165, 1.54) is 0 Å². The Bertz CT molecular complexity index is 920. The molecule has 0 saturated heterocycles. The Kier molecular flexibility index (Phi) is 4.53. The summed E-state index contributed by atoms with van der Waals surface area (Å²) in [6.45, 7) is 2.83. The molecule has 3 aromatic rings. The van der Waals surface area contributed by atoms with Crippen molar-refractivity contribution in [1.29, 1.82) is 0 Å². The highest BCUT2D eigenvalue weighted by Gasteiger charge is 2.19. The molecule has 0 radical (unpaired) electrons. The SMILES string of the molecule is CCn1c(CCC2=CNN(c3cccc(Cl)c3)O2)nnc1-c1ccco1. The number of allylic oxidation sites excluding steroid dienone is 1. The number of furan rings is 1. The fourth-order valence-corrected chi connectivity index (χ4v) is 3.01. The average molecular weight is 372 g/mol. The average Bonchev–Trinajstić information content (AvgIpc) is 3.39. The Morgan fingerprint density at radius 1 is 1.15 bits per heavy atom.